The lowest BCUT2D eigenvalue weighted by Gasteiger charge is -2.26. The molecule has 0 saturated heterocycles. The Morgan fingerprint density at radius 1 is 1.09 bits per heavy atom. The van der Waals surface area contributed by atoms with Crippen LogP contribution >= 0.6 is 0 Å². The van der Waals surface area contributed by atoms with Gasteiger partial charge in [0, 0.05) is 11.6 Å². The summed E-state index contributed by atoms with van der Waals surface area (Å²) in [7, 11) is 1.52. The Bertz CT molecular complexity index is 1380. The maximum Gasteiger partial charge on any atom is 0.290 e. The van der Waals surface area contributed by atoms with Gasteiger partial charge in [-0.2, -0.15) is 0 Å². The van der Waals surface area contributed by atoms with Gasteiger partial charge >= 0.3 is 0 Å². The van der Waals surface area contributed by atoms with Gasteiger partial charge in [0.2, 0.25) is 5.78 Å². The number of benzene rings is 2. The molecule has 1 atom stereocenters. The number of pyridine rings is 1. The van der Waals surface area contributed by atoms with Gasteiger partial charge in [-0.15, -0.1) is 0 Å². The average Bonchev–Trinajstić information content (AvgIpc) is 3.40. The minimum Gasteiger partial charge on any atom is -0.503 e. The number of hydrogen-bond donors (Lipinski definition) is 1. The number of aliphatic hydroxyl groups is 1. The lowest BCUT2D eigenvalue weighted by Crippen LogP contribution is -2.31. The van der Waals surface area contributed by atoms with Crippen LogP contribution in [0.1, 0.15) is 27.9 Å². The fourth-order valence-corrected chi connectivity index (χ4v) is 4.14. The first-order chi connectivity index (χ1) is 16.1. The molecule has 7 heteroatoms. The SMILES string of the molecule is COc1cccc2cc(C(=O)C3=C(O)C(=O)N(Cc4ccccn4)C3c3ccccc3)oc12. The van der Waals surface area contributed by atoms with Crippen LogP contribution in [-0.4, -0.2) is 33.8 Å². The van der Waals surface area contributed by atoms with E-state index in [1.807, 2.05) is 36.4 Å². The van der Waals surface area contributed by atoms with Crippen molar-refractivity contribution in [1.82, 2.24) is 9.88 Å². The molecule has 1 aliphatic rings. The zero-order chi connectivity index (χ0) is 22.9. The fraction of sp³-hybridized carbons (Fsp3) is 0.115. The van der Waals surface area contributed by atoms with E-state index in [0.29, 0.717) is 28.0 Å². The van der Waals surface area contributed by atoms with Crippen molar-refractivity contribution < 1.29 is 23.8 Å². The van der Waals surface area contributed by atoms with Crippen LogP contribution in [-0.2, 0) is 11.3 Å². The number of rotatable bonds is 6. The van der Waals surface area contributed by atoms with E-state index in [1.165, 1.54) is 12.0 Å². The molecule has 2 aromatic heterocycles. The molecule has 2 aromatic carbocycles. The van der Waals surface area contributed by atoms with Crippen molar-refractivity contribution in [3.8, 4) is 5.75 Å². The zero-order valence-electron chi connectivity index (χ0n) is 17.8. The number of Topliss-reactive ketones (excluding diaryl/α,β-unsaturated/α-hetero) is 1. The second-order valence-electron chi connectivity index (χ2n) is 7.65. The maximum atomic E-state index is 13.6. The molecule has 0 aliphatic carbocycles. The van der Waals surface area contributed by atoms with Gasteiger partial charge in [-0.25, -0.2) is 0 Å². The highest BCUT2D eigenvalue weighted by Crippen LogP contribution is 2.40. The highest BCUT2D eigenvalue weighted by Gasteiger charge is 2.44. The molecule has 1 amide bonds. The van der Waals surface area contributed by atoms with E-state index in [4.69, 9.17) is 9.15 Å². The van der Waals surface area contributed by atoms with Crippen LogP contribution in [0.15, 0.2) is 94.7 Å². The number of aliphatic hydroxyl groups excluding tert-OH is 1. The van der Waals surface area contributed by atoms with Gasteiger partial charge in [0.05, 0.1) is 31.0 Å². The third-order valence-electron chi connectivity index (χ3n) is 5.67. The number of methoxy groups -OCH3 is 1. The van der Waals surface area contributed by atoms with E-state index in [2.05, 4.69) is 4.98 Å². The molecule has 0 saturated carbocycles. The summed E-state index contributed by atoms with van der Waals surface area (Å²) in [6.07, 6.45) is 1.63. The van der Waals surface area contributed by atoms with Crippen LogP contribution in [0.4, 0.5) is 0 Å². The predicted molar refractivity (Wildman–Crippen MR) is 121 cm³/mol. The minimum atomic E-state index is -0.789. The molecule has 33 heavy (non-hydrogen) atoms. The maximum absolute atomic E-state index is 13.6. The van der Waals surface area contributed by atoms with E-state index in [0.717, 1.165) is 0 Å². The van der Waals surface area contributed by atoms with Crippen molar-refractivity contribution in [3.63, 3.8) is 0 Å². The molecule has 4 aromatic rings. The van der Waals surface area contributed by atoms with Crippen molar-refractivity contribution in [2.75, 3.05) is 7.11 Å². The topological polar surface area (TPSA) is 92.9 Å². The number of aromatic nitrogens is 1. The summed E-state index contributed by atoms with van der Waals surface area (Å²) >= 11 is 0. The molecule has 1 unspecified atom stereocenters. The van der Waals surface area contributed by atoms with E-state index in [1.54, 1.807) is 42.6 Å². The van der Waals surface area contributed by atoms with Crippen LogP contribution in [0.25, 0.3) is 11.0 Å². The quantitative estimate of drug-likeness (QED) is 0.440. The molecule has 1 N–H and O–H groups in total. The van der Waals surface area contributed by atoms with Gasteiger partial charge in [0.25, 0.3) is 5.91 Å². The van der Waals surface area contributed by atoms with Crippen LogP contribution in [0, 0.1) is 0 Å². The summed E-state index contributed by atoms with van der Waals surface area (Å²) in [6.45, 7) is 0.133. The average molecular weight is 440 g/mol. The molecule has 5 rings (SSSR count). The number of ether oxygens (including phenoxy) is 1. The molecular weight excluding hydrogens is 420 g/mol. The van der Waals surface area contributed by atoms with Gasteiger partial charge in [0.15, 0.2) is 22.9 Å². The lowest BCUT2D eigenvalue weighted by molar-refractivity contribution is -0.130. The molecule has 0 radical (unpaired) electrons. The third kappa shape index (κ3) is 3.53. The van der Waals surface area contributed by atoms with Crippen LogP contribution < -0.4 is 4.74 Å². The first-order valence-corrected chi connectivity index (χ1v) is 10.4. The summed E-state index contributed by atoms with van der Waals surface area (Å²) in [6, 6.07) is 20.6. The minimum absolute atomic E-state index is 0.0180. The molecule has 7 nitrogen and oxygen atoms in total. The number of hydrogen-bond acceptors (Lipinski definition) is 6. The van der Waals surface area contributed by atoms with E-state index in [-0.39, 0.29) is 17.9 Å². The Morgan fingerprint density at radius 2 is 1.88 bits per heavy atom. The normalized spacial score (nSPS) is 16.0. The smallest absolute Gasteiger partial charge is 0.290 e. The number of ketones is 1. The Balaban J connectivity index is 1.60. The van der Waals surface area contributed by atoms with Crippen LogP contribution in [0.2, 0.25) is 0 Å². The van der Waals surface area contributed by atoms with Gasteiger partial charge in [-0.1, -0.05) is 48.5 Å². The highest BCUT2D eigenvalue weighted by molar-refractivity contribution is 6.16. The summed E-state index contributed by atoms with van der Waals surface area (Å²) in [4.78, 5) is 32.4. The molecule has 1 aliphatic heterocycles. The summed E-state index contributed by atoms with van der Waals surface area (Å²) in [5.41, 5.74) is 1.74. The Hall–Kier alpha value is -4.39. The van der Waals surface area contributed by atoms with E-state index >= 15 is 0 Å². The monoisotopic (exact) mass is 440 g/mol. The lowest BCUT2D eigenvalue weighted by atomic mass is 9.95. The van der Waals surface area contributed by atoms with Crippen LogP contribution in [0.3, 0.4) is 0 Å². The molecule has 3 heterocycles. The number of nitrogens with zero attached hydrogens (tertiary/aromatic N) is 2. The van der Waals surface area contributed by atoms with Gasteiger partial charge in [0.1, 0.15) is 0 Å². The fourth-order valence-electron chi connectivity index (χ4n) is 4.14. The van der Waals surface area contributed by atoms with Crippen molar-refractivity contribution in [3.05, 3.63) is 107 Å². The van der Waals surface area contributed by atoms with Crippen molar-refractivity contribution in [2.24, 2.45) is 0 Å². The Kier molecular flexibility index (Phi) is 5.14. The number of para-hydroxylation sites is 1. The first-order valence-electron chi connectivity index (χ1n) is 10.4. The predicted octanol–water partition coefficient (Wildman–Crippen LogP) is 4.61. The Labute approximate surface area is 189 Å². The highest BCUT2D eigenvalue weighted by atomic mass is 16.5. The second kappa shape index (κ2) is 8.27. The first kappa shape index (κ1) is 20.5. The zero-order valence-corrected chi connectivity index (χ0v) is 17.8. The molecule has 0 fully saturated rings. The van der Waals surface area contributed by atoms with E-state index in [9.17, 15) is 14.7 Å². The number of amides is 1. The van der Waals surface area contributed by atoms with Gasteiger partial charge in [-0.05, 0) is 29.8 Å². The van der Waals surface area contributed by atoms with Crippen molar-refractivity contribution in [2.45, 2.75) is 12.6 Å². The third-order valence-corrected chi connectivity index (χ3v) is 5.67. The van der Waals surface area contributed by atoms with E-state index < -0.39 is 23.5 Å². The van der Waals surface area contributed by atoms with Gasteiger partial charge in [-0.3, -0.25) is 14.6 Å². The largest absolute Gasteiger partial charge is 0.503 e. The van der Waals surface area contributed by atoms with Crippen LogP contribution in [0.5, 0.6) is 5.75 Å². The number of furan rings is 1. The Morgan fingerprint density at radius 3 is 2.61 bits per heavy atom. The summed E-state index contributed by atoms with van der Waals surface area (Å²) in [5.74, 6) is -1.27. The van der Waals surface area contributed by atoms with Crippen molar-refractivity contribution >= 4 is 22.7 Å². The molecule has 0 bridgehead atoms. The summed E-state index contributed by atoms with van der Waals surface area (Å²) in [5, 5.41) is 11.5. The number of fused-ring (bicyclic) bond motifs is 1. The summed E-state index contributed by atoms with van der Waals surface area (Å²) < 4.78 is 11.1. The standard InChI is InChI=1S/C26H20N2O5/c1-32-19-12-7-10-17-14-20(33-25(17)19)23(29)21-22(16-8-3-2-4-9-16)28(26(31)24(21)30)15-18-11-5-6-13-27-18/h2-14,22,30H,15H2,1H3. The molecular formula is C26H20N2O5. The second-order valence-corrected chi connectivity index (χ2v) is 7.65. The molecule has 164 valence electrons. The number of carbonyl (C=O) groups is 2. The molecule has 0 spiro atoms. The van der Waals surface area contributed by atoms with Gasteiger partial charge < -0.3 is 19.2 Å². The van der Waals surface area contributed by atoms with Crippen molar-refractivity contribution in [1.29, 1.82) is 0 Å². The number of carbonyl (C=O) groups excluding carboxylic acids is 2.